The first-order valence-corrected chi connectivity index (χ1v) is 5.67. The lowest BCUT2D eigenvalue weighted by Crippen LogP contribution is -1.92. The van der Waals surface area contributed by atoms with Gasteiger partial charge in [0.05, 0.1) is 0 Å². The van der Waals surface area contributed by atoms with Crippen molar-refractivity contribution in [3.8, 4) is 0 Å². The van der Waals surface area contributed by atoms with Crippen molar-refractivity contribution >= 4 is 6.21 Å². The molecule has 0 radical (unpaired) electrons. The Morgan fingerprint density at radius 1 is 1.47 bits per heavy atom. The first-order chi connectivity index (χ1) is 7.20. The third-order valence-corrected chi connectivity index (χ3v) is 2.09. The van der Waals surface area contributed by atoms with Crippen molar-refractivity contribution in [3.63, 3.8) is 0 Å². The quantitative estimate of drug-likeness (QED) is 0.244. The molecule has 0 bridgehead atoms. The normalized spacial score (nSPS) is 13.5. The first-order valence-electron chi connectivity index (χ1n) is 5.67. The summed E-state index contributed by atoms with van der Waals surface area (Å²) in [6.07, 6.45) is 11.4. The fourth-order valence-electron chi connectivity index (χ4n) is 1.06. The van der Waals surface area contributed by atoms with Crippen LogP contribution < -0.4 is 0 Å². The van der Waals surface area contributed by atoms with Gasteiger partial charge >= 0.3 is 0 Å². The topological polar surface area (TPSA) is 12.4 Å². The highest BCUT2D eigenvalue weighted by Gasteiger charge is 1.90. The van der Waals surface area contributed by atoms with Crippen LogP contribution in [0.3, 0.4) is 0 Å². The summed E-state index contributed by atoms with van der Waals surface area (Å²) >= 11 is 0. The average Bonchev–Trinajstić information content (AvgIpc) is 2.24. The van der Waals surface area contributed by atoms with Gasteiger partial charge in [-0.25, -0.2) is 0 Å². The van der Waals surface area contributed by atoms with E-state index in [9.17, 15) is 0 Å². The van der Waals surface area contributed by atoms with Gasteiger partial charge in [-0.1, -0.05) is 57.2 Å². The van der Waals surface area contributed by atoms with Gasteiger partial charge in [0, 0.05) is 18.7 Å². The Kier molecular flexibility index (Phi) is 8.75. The lowest BCUT2D eigenvalue weighted by Gasteiger charge is -1.97. The predicted octanol–water partition coefficient (Wildman–Crippen LogP) is 4.18. The van der Waals surface area contributed by atoms with E-state index < -0.39 is 0 Å². The van der Waals surface area contributed by atoms with E-state index in [1.54, 1.807) is 6.08 Å². The number of hydrogen-bond donors (Lipinski definition) is 0. The molecule has 0 aliphatic carbocycles. The lowest BCUT2D eigenvalue weighted by molar-refractivity contribution is 0.805. The van der Waals surface area contributed by atoms with Crippen molar-refractivity contribution in [2.75, 3.05) is 6.54 Å². The van der Waals surface area contributed by atoms with Gasteiger partial charge in [-0.05, 0) is 12.8 Å². The van der Waals surface area contributed by atoms with Crippen LogP contribution >= 0.6 is 0 Å². The Morgan fingerprint density at radius 3 is 2.80 bits per heavy atom. The Labute approximate surface area is 94.3 Å². The molecule has 15 heavy (non-hydrogen) atoms. The molecular formula is C14H23N. The van der Waals surface area contributed by atoms with E-state index in [1.165, 1.54) is 12.8 Å². The first kappa shape index (κ1) is 13.9. The summed E-state index contributed by atoms with van der Waals surface area (Å²) in [6.45, 7) is 12.8. The molecule has 0 heterocycles. The molecule has 0 saturated heterocycles. The van der Waals surface area contributed by atoms with Crippen molar-refractivity contribution < 1.29 is 0 Å². The molecule has 1 heteroatoms. The number of hydrogen-bond acceptors (Lipinski definition) is 1. The summed E-state index contributed by atoms with van der Waals surface area (Å²) in [4.78, 5) is 4.36. The van der Waals surface area contributed by atoms with Crippen LogP contribution in [0.25, 0.3) is 0 Å². The second-order valence-electron chi connectivity index (χ2n) is 3.76. The van der Waals surface area contributed by atoms with Crippen LogP contribution in [0.5, 0.6) is 0 Å². The van der Waals surface area contributed by atoms with E-state index in [-0.39, 0.29) is 0 Å². The average molecular weight is 205 g/mol. The van der Waals surface area contributed by atoms with Crippen molar-refractivity contribution in [1.29, 1.82) is 0 Å². The highest BCUT2D eigenvalue weighted by atomic mass is 14.7. The SMILES string of the molecule is C=CC(=C)CC=CC(C)C=NCCCC. The molecule has 0 aliphatic heterocycles. The second kappa shape index (κ2) is 9.45. The number of nitrogens with zero attached hydrogens (tertiary/aromatic N) is 1. The maximum Gasteiger partial charge on any atom is 0.0385 e. The Hall–Kier alpha value is -1.11. The van der Waals surface area contributed by atoms with Gasteiger partial charge in [-0.2, -0.15) is 0 Å². The van der Waals surface area contributed by atoms with Gasteiger partial charge < -0.3 is 0 Å². The standard InChI is InChI=1S/C14H23N/c1-5-7-11-15-12-14(4)10-8-9-13(3)6-2/h6,8,10,12,14H,2-3,5,7,9,11H2,1,4H3. The van der Waals surface area contributed by atoms with E-state index in [0.29, 0.717) is 5.92 Å². The molecule has 0 aliphatic rings. The number of aliphatic imine (C=N–C) groups is 1. The van der Waals surface area contributed by atoms with Gasteiger partial charge in [0.2, 0.25) is 0 Å². The minimum atomic E-state index is 0.416. The molecule has 0 aromatic heterocycles. The highest BCUT2D eigenvalue weighted by molar-refractivity contribution is 5.62. The zero-order valence-electron chi connectivity index (χ0n) is 10.1. The van der Waals surface area contributed by atoms with E-state index in [2.05, 4.69) is 44.1 Å². The summed E-state index contributed by atoms with van der Waals surface area (Å²) in [5, 5.41) is 0. The number of rotatable bonds is 8. The van der Waals surface area contributed by atoms with Gasteiger partial charge in [0.1, 0.15) is 0 Å². The van der Waals surface area contributed by atoms with E-state index in [0.717, 1.165) is 18.5 Å². The highest BCUT2D eigenvalue weighted by Crippen LogP contribution is 2.02. The van der Waals surface area contributed by atoms with Gasteiger partial charge in [0.25, 0.3) is 0 Å². The van der Waals surface area contributed by atoms with Gasteiger partial charge in [0.15, 0.2) is 0 Å². The summed E-state index contributed by atoms with van der Waals surface area (Å²) in [5.41, 5.74) is 1.06. The minimum absolute atomic E-state index is 0.416. The summed E-state index contributed by atoms with van der Waals surface area (Å²) in [7, 11) is 0. The molecular weight excluding hydrogens is 182 g/mol. The van der Waals surface area contributed by atoms with Crippen LogP contribution in [0.15, 0.2) is 42.0 Å². The van der Waals surface area contributed by atoms with E-state index in [1.807, 2.05) is 6.21 Å². The van der Waals surface area contributed by atoms with Crippen LogP contribution in [0.4, 0.5) is 0 Å². The third-order valence-electron chi connectivity index (χ3n) is 2.09. The van der Waals surface area contributed by atoms with Crippen molar-refractivity contribution in [2.45, 2.75) is 33.1 Å². The molecule has 1 nitrogen and oxygen atoms in total. The largest absolute Gasteiger partial charge is 0.297 e. The predicted molar refractivity (Wildman–Crippen MR) is 70.5 cm³/mol. The summed E-state index contributed by atoms with van der Waals surface area (Å²) in [6, 6.07) is 0. The minimum Gasteiger partial charge on any atom is -0.297 e. The maximum absolute atomic E-state index is 4.36. The fraction of sp³-hybridized carbons (Fsp3) is 0.500. The molecule has 0 amide bonds. The molecule has 0 N–H and O–H groups in total. The molecule has 84 valence electrons. The third kappa shape index (κ3) is 9.20. The Balaban J connectivity index is 3.71. The second-order valence-corrected chi connectivity index (χ2v) is 3.76. The smallest absolute Gasteiger partial charge is 0.0385 e. The monoisotopic (exact) mass is 205 g/mol. The summed E-state index contributed by atoms with van der Waals surface area (Å²) in [5.74, 6) is 0.416. The number of unbranched alkanes of at least 4 members (excludes halogenated alkanes) is 1. The molecule has 0 aromatic rings. The molecule has 1 unspecified atom stereocenters. The molecule has 1 atom stereocenters. The zero-order chi connectivity index (χ0) is 11.5. The molecule has 0 aromatic carbocycles. The Bertz CT molecular complexity index is 236. The van der Waals surface area contributed by atoms with E-state index in [4.69, 9.17) is 0 Å². The van der Waals surface area contributed by atoms with Crippen LogP contribution in [0, 0.1) is 5.92 Å². The van der Waals surface area contributed by atoms with Crippen LogP contribution in [0.2, 0.25) is 0 Å². The number of allylic oxidation sites excluding steroid dienone is 4. The van der Waals surface area contributed by atoms with Crippen LogP contribution in [-0.4, -0.2) is 12.8 Å². The van der Waals surface area contributed by atoms with Crippen molar-refractivity contribution in [1.82, 2.24) is 0 Å². The molecule has 0 fully saturated rings. The molecule has 0 rings (SSSR count). The zero-order valence-corrected chi connectivity index (χ0v) is 10.1. The van der Waals surface area contributed by atoms with Gasteiger partial charge in [-0.3, -0.25) is 4.99 Å². The van der Waals surface area contributed by atoms with Crippen LogP contribution in [-0.2, 0) is 0 Å². The summed E-state index contributed by atoms with van der Waals surface area (Å²) < 4.78 is 0. The van der Waals surface area contributed by atoms with Gasteiger partial charge in [-0.15, -0.1) is 0 Å². The van der Waals surface area contributed by atoms with E-state index >= 15 is 0 Å². The lowest BCUT2D eigenvalue weighted by atomic mass is 10.1. The molecule has 0 spiro atoms. The maximum atomic E-state index is 4.36. The Morgan fingerprint density at radius 2 is 2.20 bits per heavy atom. The fourth-order valence-corrected chi connectivity index (χ4v) is 1.06. The van der Waals surface area contributed by atoms with Crippen LogP contribution in [0.1, 0.15) is 33.1 Å². The van der Waals surface area contributed by atoms with Crippen molar-refractivity contribution in [3.05, 3.63) is 37.0 Å². The van der Waals surface area contributed by atoms with Crippen molar-refractivity contribution in [2.24, 2.45) is 10.9 Å². The molecule has 0 saturated carbocycles.